The molecule has 88 valence electrons. The Hall–Kier alpha value is -1.32. The predicted octanol–water partition coefficient (Wildman–Crippen LogP) is -0.0725. The lowest BCUT2D eigenvalue weighted by Crippen LogP contribution is -2.32. The molecule has 1 unspecified atom stereocenters. The summed E-state index contributed by atoms with van der Waals surface area (Å²) in [7, 11) is 1.78. The van der Waals surface area contributed by atoms with E-state index in [1.165, 1.54) is 0 Å². The molecule has 0 heterocycles. The largest absolute Gasteiger partial charge is 0.378 e. The Morgan fingerprint density at radius 2 is 1.94 bits per heavy atom. The number of carbonyl (C=O) groups excluding carboxylic acids is 1. The van der Waals surface area contributed by atoms with E-state index in [2.05, 4.69) is 0 Å². The number of benzene rings is 1. The molecule has 1 amide bonds. The summed E-state index contributed by atoms with van der Waals surface area (Å²) in [5.74, 6) is 4.53. The van der Waals surface area contributed by atoms with Crippen molar-refractivity contribution in [1.82, 2.24) is 5.43 Å². The van der Waals surface area contributed by atoms with Gasteiger partial charge in [-0.1, -0.05) is 0 Å². The third-order valence-corrected chi connectivity index (χ3v) is 3.81. The first-order valence-corrected chi connectivity index (χ1v) is 6.46. The first-order chi connectivity index (χ1) is 7.54. The molecule has 1 aromatic rings. The molecule has 0 saturated carbocycles. The van der Waals surface area contributed by atoms with Crippen LogP contribution >= 0.6 is 7.80 Å². The van der Waals surface area contributed by atoms with Gasteiger partial charge in [-0.25, -0.2) is 5.84 Å². The van der Waals surface area contributed by atoms with Crippen LogP contribution in [0.2, 0.25) is 0 Å². The molecular formula is C10H16N3O2P. The van der Waals surface area contributed by atoms with Gasteiger partial charge in [0.2, 0.25) is 5.91 Å². The van der Waals surface area contributed by atoms with Crippen LogP contribution in [-0.4, -0.2) is 26.2 Å². The van der Waals surface area contributed by atoms with Crippen LogP contribution in [0.1, 0.15) is 0 Å². The lowest BCUT2D eigenvalue weighted by molar-refractivity contribution is -0.118. The number of rotatable bonds is 4. The zero-order valence-corrected chi connectivity index (χ0v) is 10.4. The number of amides is 1. The molecule has 0 aliphatic heterocycles. The number of nitrogens with zero attached hydrogens (tertiary/aromatic N) is 1. The van der Waals surface area contributed by atoms with Crippen molar-refractivity contribution in [3.05, 3.63) is 24.3 Å². The van der Waals surface area contributed by atoms with E-state index in [0.29, 0.717) is 5.30 Å². The summed E-state index contributed by atoms with van der Waals surface area (Å²) in [6, 6.07) is 7.30. The van der Waals surface area contributed by atoms with E-state index in [4.69, 9.17) is 5.84 Å². The summed E-state index contributed by atoms with van der Waals surface area (Å²) >= 11 is 0. The van der Waals surface area contributed by atoms with E-state index < -0.39 is 13.7 Å². The summed E-state index contributed by atoms with van der Waals surface area (Å²) in [6.45, 7) is 0. The Morgan fingerprint density at radius 1 is 1.38 bits per heavy atom. The van der Waals surface area contributed by atoms with E-state index >= 15 is 0 Å². The third kappa shape index (κ3) is 3.36. The van der Waals surface area contributed by atoms with Gasteiger partial charge in [0.25, 0.3) is 0 Å². The molecule has 3 N–H and O–H groups in total. The average Bonchev–Trinajstić information content (AvgIpc) is 2.28. The van der Waals surface area contributed by atoms with Crippen molar-refractivity contribution in [2.75, 3.05) is 25.2 Å². The van der Waals surface area contributed by atoms with E-state index in [1.54, 1.807) is 12.1 Å². The normalized spacial score (nSPS) is 11.9. The Morgan fingerprint density at radius 3 is 2.38 bits per heavy atom. The first kappa shape index (κ1) is 12.7. The van der Waals surface area contributed by atoms with Crippen molar-refractivity contribution < 1.29 is 9.36 Å². The van der Waals surface area contributed by atoms with Crippen molar-refractivity contribution in [2.45, 2.75) is 0 Å². The first-order valence-electron chi connectivity index (χ1n) is 4.84. The fraction of sp³-hybridized carbons (Fsp3) is 0.300. The van der Waals surface area contributed by atoms with Gasteiger partial charge in [-0.2, -0.15) is 0 Å². The van der Waals surface area contributed by atoms with Crippen molar-refractivity contribution in [2.24, 2.45) is 5.84 Å². The zero-order chi connectivity index (χ0) is 12.1. The molecule has 0 fully saturated rings. The highest BCUT2D eigenvalue weighted by Gasteiger charge is 2.08. The summed E-state index contributed by atoms with van der Waals surface area (Å²) in [4.78, 5) is 12.9. The number of hydrogen-bond acceptors (Lipinski definition) is 4. The molecule has 0 saturated heterocycles. The summed E-state index contributed by atoms with van der Waals surface area (Å²) in [5, 5.41) is 0.694. The van der Waals surface area contributed by atoms with Gasteiger partial charge in [-0.05, 0) is 24.3 Å². The molecule has 1 rings (SSSR count). The molecular weight excluding hydrogens is 225 g/mol. The maximum Gasteiger partial charge on any atom is 0.241 e. The molecule has 0 aromatic heterocycles. The van der Waals surface area contributed by atoms with E-state index in [-0.39, 0.29) is 6.16 Å². The lowest BCUT2D eigenvalue weighted by Gasteiger charge is -2.12. The highest BCUT2D eigenvalue weighted by atomic mass is 31.1. The third-order valence-electron chi connectivity index (χ3n) is 2.19. The average molecular weight is 241 g/mol. The number of anilines is 1. The molecule has 0 radical (unpaired) electrons. The summed E-state index contributed by atoms with van der Waals surface area (Å²) in [6.07, 6.45) is -0.0392. The standard InChI is InChI=1S/C10H16N3O2P/c1-13(2)8-3-5-9(6-4-8)16(15)7-10(14)12-11/h3-6,16H,7,11H2,1-2H3,(H,12,14). The quantitative estimate of drug-likeness (QED) is 0.335. The summed E-state index contributed by atoms with van der Waals surface area (Å²) < 4.78 is 11.8. The van der Waals surface area contributed by atoms with Crippen LogP contribution in [0.3, 0.4) is 0 Å². The highest BCUT2D eigenvalue weighted by molar-refractivity contribution is 7.54. The molecule has 0 bridgehead atoms. The van der Waals surface area contributed by atoms with Crippen LogP contribution in [0.4, 0.5) is 5.69 Å². The van der Waals surface area contributed by atoms with Crippen molar-refractivity contribution in [3.63, 3.8) is 0 Å². The van der Waals surface area contributed by atoms with Gasteiger partial charge in [-0.15, -0.1) is 0 Å². The summed E-state index contributed by atoms with van der Waals surface area (Å²) in [5.41, 5.74) is 3.00. The maximum atomic E-state index is 11.8. The van der Waals surface area contributed by atoms with Gasteiger partial charge < -0.3 is 9.46 Å². The molecule has 1 atom stereocenters. The Kier molecular flexibility index (Phi) is 4.52. The Labute approximate surface area is 95.4 Å². The fourth-order valence-corrected chi connectivity index (χ4v) is 2.38. The van der Waals surface area contributed by atoms with Gasteiger partial charge >= 0.3 is 0 Å². The molecule has 0 aliphatic rings. The second-order valence-corrected chi connectivity index (χ2v) is 5.39. The minimum Gasteiger partial charge on any atom is -0.378 e. The van der Waals surface area contributed by atoms with Crippen LogP contribution in [0.15, 0.2) is 24.3 Å². The molecule has 16 heavy (non-hydrogen) atoms. The second-order valence-electron chi connectivity index (χ2n) is 3.61. The van der Waals surface area contributed by atoms with Gasteiger partial charge in [0.05, 0.1) is 6.16 Å². The number of nitrogens with one attached hydrogen (secondary N) is 1. The van der Waals surface area contributed by atoms with Crippen molar-refractivity contribution >= 4 is 24.7 Å². The second kappa shape index (κ2) is 5.68. The number of hydrogen-bond donors (Lipinski definition) is 2. The Balaban J connectivity index is 2.74. The van der Waals surface area contributed by atoms with Crippen molar-refractivity contribution in [3.8, 4) is 0 Å². The van der Waals surface area contributed by atoms with Gasteiger partial charge in [0.15, 0.2) is 0 Å². The van der Waals surface area contributed by atoms with Gasteiger partial charge in [0.1, 0.15) is 7.80 Å². The molecule has 1 aromatic carbocycles. The predicted molar refractivity (Wildman–Crippen MR) is 66.6 cm³/mol. The molecule has 0 spiro atoms. The molecule has 0 aliphatic carbocycles. The van der Waals surface area contributed by atoms with Gasteiger partial charge in [0, 0.05) is 25.1 Å². The number of nitrogens with two attached hydrogens (primary N) is 1. The van der Waals surface area contributed by atoms with Gasteiger partial charge in [-0.3, -0.25) is 10.2 Å². The SMILES string of the molecule is CN(C)c1ccc([PH](=O)CC(=O)NN)cc1. The fourth-order valence-electron chi connectivity index (χ4n) is 1.24. The molecule has 6 heteroatoms. The maximum absolute atomic E-state index is 11.8. The minimum absolute atomic E-state index is 0.0392. The highest BCUT2D eigenvalue weighted by Crippen LogP contribution is 2.20. The lowest BCUT2D eigenvalue weighted by atomic mass is 10.3. The number of carbonyl (C=O) groups is 1. The topological polar surface area (TPSA) is 75.4 Å². The minimum atomic E-state index is -2.08. The van der Waals surface area contributed by atoms with Crippen LogP contribution in [0.25, 0.3) is 0 Å². The van der Waals surface area contributed by atoms with E-state index in [9.17, 15) is 9.36 Å². The van der Waals surface area contributed by atoms with Crippen LogP contribution in [0, 0.1) is 0 Å². The van der Waals surface area contributed by atoms with Crippen molar-refractivity contribution in [1.29, 1.82) is 0 Å². The van der Waals surface area contributed by atoms with Crippen LogP contribution in [-0.2, 0) is 9.36 Å². The van der Waals surface area contributed by atoms with Crippen LogP contribution < -0.4 is 21.5 Å². The van der Waals surface area contributed by atoms with E-state index in [0.717, 1.165) is 5.69 Å². The Bertz CT molecular complexity index is 390. The zero-order valence-electron chi connectivity index (χ0n) is 9.36. The molecule has 5 nitrogen and oxygen atoms in total. The van der Waals surface area contributed by atoms with E-state index in [1.807, 2.05) is 36.6 Å². The number of hydrazine groups is 1. The smallest absolute Gasteiger partial charge is 0.241 e. The monoisotopic (exact) mass is 241 g/mol. The van der Waals surface area contributed by atoms with Crippen LogP contribution in [0.5, 0.6) is 0 Å².